The molecule has 2 N–H and O–H groups in total. The van der Waals surface area contributed by atoms with Crippen LogP contribution in [-0.4, -0.2) is 29.3 Å². The Hall–Kier alpha value is -1.52. The quantitative estimate of drug-likeness (QED) is 0.528. The number of ether oxygens (including phenoxy) is 1. The fraction of sp³-hybridized carbons (Fsp3) is 0.556. The third-order valence-electron chi connectivity index (χ3n) is 1.36. The van der Waals surface area contributed by atoms with Crippen LogP contribution in [0.1, 0.15) is 20.8 Å². The zero-order valence-electron chi connectivity index (χ0n) is 8.59. The van der Waals surface area contributed by atoms with E-state index in [0.29, 0.717) is 0 Å². The number of nitrogens with one attached hydrogen (secondary N) is 1. The van der Waals surface area contributed by atoms with Crippen LogP contribution in [0.15, 0.2) is 12.2 Å². The predicted molar refractivity (Wildman–Crippen MR) is 51.0 cm³/mol. The van der Waals surface area contributed by atoms with Gasteiger partial charge in [0.25, 0.3) is 0 Å². The van der Waals surface area contributed by atoms with Crippen LogP contribution in [0, 0.1) is 0 Å². The Labute approximate surface area is 82.7 Å². The van der Waals surface area contributed by atoms with E-state index in [1.54, 1.807) is 13.8 Å². The number of carbonyl (C=O) groups excluding carboxylic acids is 1. The zero-order chi connectivity index (χ0) is 11.4. The topological polar surface area (TPSA) is 75.6 Å². The van der Waals surface area contributed by atoms with Gasteiger partial charge in [0.05, 0.1) is 5.54 Å². The van der Waals surface area contributed by atoms with Gasteiger partial charge in [-0.05, 0) is 20.8 Å². The molecule has 80 valence electrons. The van der Waals surface area contributed by atoms with Crippen LogP contribution >= 0.6 is 0 Å². The van der Waals surface area contributed by atoms with Crippen LogP contribution in [0.4, 0.5) is 4.79 Å². The lowest BCUT2D eigenvalue weighted by atomic mass is 10.1. The van der Waals surface area contributed by atoms with E-state index in [4.69, 9.17) is 9.84 Å². The molecule has 14 heavy (non-hydrogen) atoms. The lowest BCUT2D eigenvalue weighted by Gasteiger charge is -2.23. The van der Waals surface area contributed by atoms with E-state index in [-0.39, 0.29) is 12.2 Å². The van der Waals surface area contributed by atoms with Crippen LogP contribution in [0.3, 0.4) is 0 Å². The number of esters is 1. The maximum absolute atomic E-state index is 11.0. The third-order valence-corrected chi connectivity index (χ3v) is 1.36. The van der Waals surface area contributed by atoms with Gasteiger partial charge in [-0.15, -0.1) is 0 Å². The molecule has 5 nitrogen and oxygen atoms in total. The SMILES string of the molecule is C=C(C)C(=O)OCC(C)(C)NC(=O)O. The Balaban J connectivity index is 4.05. The minimum atomic E-state index is -1.15. The van der Waals surface area contributed by atoms with Gasteiger partial charge in [-0.25, -0.2) is 9.59 Å². The molecule has 0 radical (unpaired) electrons. The molecule has 0 aromatic carbocycles. The average molecular weight is 201 g/mol. The molecule has 1 amide bonds. The second-order valence-electron chi connectivity index (χ2n) is 3.67. The van der Waals surface area contributed by atoms with Crippen molar-refractivity contribution < 1.29 is 19.4 Å². The number of rotatable bonds is 4. The molecule has 0 spiro atoms. The van der Waals surface area contributed by atoms with Crippen LogP contribution in [0.5, 0.6) is 0 Å². The van der Waals surface area contributed by atoms with Crippen molar-refractivity contribution in [1.82, 2.24) is 5.32 Å². The largest absolute Gasteiger partial charge is 0.465 e. The highest BCUT2D eigenvalue weighted by Gasteiger charge is 2.22. The molecular formula is C9H15NO4. The summed E-state index contributed by atoms with van der Waals surface area (Å²) in [5.41, 5.74) is -0.507. The zero-order valence-corrected chi connectivity index (χ0v) is 8.59. The second kappa shape index (κ2) is 4.64. The fourth-order valence-corrected chi connectivity index (χ4v) is 0.695. The molecule has 0 aliphatic rings. The lowest BCUT2D eigenvalue weighted by molar-refractivity contribution is -0.140. The molecule has 0 aromatic heterocycles. The molecule has 0 aliphatic carbocycles. The molecule has 0 rings (SSSR count). The number of hydrogen-bond acceptors (Lipinski definition) is 3. The summed E-state index contributed by atoms with van der Waals surface area (Å²) in [4.78, 5) is 21.3. The highest BCUT2D eigenvalue weighted by Crippen LogP contribution is 2.04. The van der Waals surface area contributed by atoms with E-state index < -0.39 is 17.6 Å². The van der Waals surface area contributed by atoms with Gasteiger partial charge >= 0.3 is 12.1 Å². The van der Waals surface area contributed by atoms with Crippen molar-refractivity contribution in [2.24, 2.45) is 0 Å². The van der Waals surface area contributed by atoms with E-state index in [9.17, 15) is 9.59 Å². The lowest BCUT2D eigenvalue weighted by Crippen LogP contribution is -2.46. The molecule has 0 bridgehead atoms. The van der Waals surface area contributed by atoms with Gasteiger partial charge in [-0.3, -0.25) is 0 Å². The van der Waals surface area contributed by atoms with Gasteiger partial charge in [-0.1, -0.05) is 6.58 Å². The van der Waals surface area contributed by atoms with E-state index in [2.05, 4.69) is 11.9 Å². The first kappa shape index (κ1) is 12.5. The summed E-state index contributed by atoms with van der Waals surface area (Å²) in [5.74, 6) is -0.523. The Morgan fingerprint density at radius 1 is 1.50 bits per heavy atom. The Morgan fingerprint density at radius 2 is 2.00 bits per heavy atom. The average Bonchev–Trinajstić information content (AvgIpc) is 1.97. The van der Waals surface area contributed by atoms with Crippen molar-refractivity contribution >= 4 is 12.1 Å². The summed E-state index contributed by atoms with van der Waals surface area (Å²) < 4.78 is 4.80. The van der Waals surface area contributed by atoms with E-state index in [1.807, 2.05) is 0 Å². The van der Waals surface area contributed by atoms with Crippen LogP contribution < -0.4 is 5.32 Å². The minimum absolute atomic E-state index is 0.0228. The standard InChI is InChI=1S/C9H15NO4/c1-6(2)7(11)14-5-9(3,4)10-8(12)13/h10H,1,5H2,2-4H3,(H,12,13). The minimum Gasteiger partial charge on any atom is -0.465 e. The number of hydrogen-bond donors (Lipinski definition) is 2. The summed E-state index contributed by atoms with van der Waals surface area (Å²) in [6.07, 6.45) is -1.15. The van der Waals surface area contributed by atoms with Gasteiger partial charge in [0, 0.05) is 5.57 Å². The molecule has 0 atom stereocenters. The predicted octanol–water partition coefficient (Wildman–Crippen LogP) is 1.15. The molecule has 0 aromatic rings. The maximum Gasteiger partial charge on any atom is 0.405 e. The van der Waals surface area contributed by atoms with Gasteiger partial charge in [0.1, 0.15) is 6.61 Å². The Bertz CT molecular complexity index is 258. The van der Waals surface area contributed by atoms with Gasteiger partial charge in [0.2, 0.25) is 0 Å². The van der Waals surface area contributed by atoms with Crippen molar-refractivity contribution in [2.75, 3.05) is 6.61 Å². The van der Waals surface area contributed by atoms with Crippen molar-refractivity contribution in [3.63, 3.8) is 0 Å². The molecule has 0 saturated carbocycles. The molecule has 0 aliphatic heterocycles. The summed E-state index contributed by atoms with van der Waals surface area (Å²) in [6.45, 7) is 8.15. The first-order valence-electron chi connectivity index (χ1n) is 4.08. The van der Waals surface area contributed by atoms with E-state index >= 15 is 0 Å². The maximum atomic E-state index is 11.0. The Morgan fingerprint density at radius 3 is 2.36 bits per heavy atom. The molecule has 0 heterocycles. The smallest absolute Gasteiger partial charge is 0.405 e. The van der Waals surface area contributed by atoms with E-state index in [1.165, 1.54) is 6.92 Å². The Kier molecular flexibility index (Phi) is 4.14. The molecule has 5 heteroatoms. The van der Waals surface area contributed by atoms with Gasteiger partial charge in [-0.2, -0.15) is 0 Å². The number of carboxylic acid groups (broad SMARTS) is 1. The monoisotopic (exact) mass is 201 g/mol. The number of amides is 1. The highest BCUT2D eigenvalue weighted by atomic mass is 16.5. The van der Waals surface area contributed by atoms with Gasteiger partial charge < -0.3 is 15.2 Å². The molecule has 0 fully saturated rings. The summed E-state index contributed by atoms with van der Waals surface area (Å²) >= 11 is 0. The second-order valence-corrected chi connectivity index (χ2v) is 3.67. The first-order chi connectivity index (χ1) is 6.24. The van der Waals surface area contributed by atoms with E-state index in [0.717, 1.165) is 0 Å². The molecule has 0 unspecified atom stereocenters. The first-order valence-corrected chi connectivity index (χ1v) is 4.08. The summed E-state index contributed by atoms with van der Waals surface area (Å²) in [7, 11) is 0. The van der Waals surface area contributed by atoms with Gasteiger partial charge in [0.15, 0.2) is 0 Å². The molecular weight excluding hydrogens is 186 g/mol. The molecule has 0 saturated heterocycles. The number of carbonyl (C=O) groups is 2. The van der Waals surface area contributed by atoms with Crippen LogP contribution in [-0.2, 0) is 9.53 Å². The normalized spacial score (nSPS) is 10.5. The van der Waals surface area contributed by atoms with Crippen molar-refractivity contribution in [3.8, 4) is 0 Å². The highest BCUT2D eigenvalue weighted by molar-refractivity contribution is 5.86. The summed E-state index contributed by atoms with van der Waals surface area (Å²) in [5, 5.41) is 10.7. The van der Waals surface area contributed by atoms with Crippen LogP contribution in [0.2, 0.25) is 0 Å². The third kappa shape index (κ3) is 5.18. The fourth-order valence-electron chi connectivity index (χ4n) is 0.695. The summed E-state index contributed by atoms with van der Waals surface area (Å²) in [6, 6.07) is 0. The van der Waals surface area contributed by atoms with Crippen molar-refractivity contribution in [3.05, 3.63) is 12.2 Å². The van der Waals surface area contributed by atoms with Crippen molar-refractivity contribution in [2.45, 2.75) is 26.3 Å². The van der Waals surface area contributed by atoms with Crippen molar-refractivity contribution in [1.29, 1.82) is 0 Å². The van der Waals surface area contributed by atoms with Crippen LogP contribution in [0.25, 0.3) is 0 Å².